The number of hydrogen-bond donors (Lipinski definition) is 2. The van der Waals surface area contributed by atoms with Crippen molar-refractivity contribution in [3.63, 3.8) is 0 Å². The van der Waals surface area contributed by atoms with Gasteiger partial charge in [0.05, 0.1) is 19.1 Å². The molecule has 0 aromatic carbocycles. The highest BCUT2D eigenvalue weighted by atomic mass is 16.4. The Balaban J connectivity index is 2.64. The molecule has 6 heteroatoms. The van der Waals surface area contributed by atoms with E-state index in [1.807, 2.05) is 0 Å². The maximum atomic E-state index is 12.0. The first-order valence-corrected chi connectivity index (χ1v) is 5.97. The van der Waals surface area contributed by atoms with Gasteiger partial charge in [-0.1, -0.05) is 20.8 Å². The van der Waals surface area contributed by atoms with E-state index in [9.17, 15) is 9.59 Å². The van der Waals surface area contributed by atoms with Crippen molar-refractivity contribution >= 4 is 12.0 Å². The molecule has 2 N–H and O–H groups in total. The van der Waals surface area contributed by atoms with Crippen LogP contribution in [0.5, 0.6) is 0 Å². The van der Waals surface area contributed by atoms with Gasteiger partial charge in [-0.15, -0.1) is 0 Å². The van der Waals surface area contributed by atoms with E-state index in [0.717, 1.165) is 5.56 Å². The van der Waals surface area contributed by atoms with Gasteiger partial charge >= 0.3 is 12.0 Å². The van der Waals surface area contributed by atoms with Crippen LogP contribution in [0.25, 0.3) is 0 Å². The molecule has 0 aliphatic rings. The summed E-state index contributed by atoms with van der Waals surface area (Å²) in [4.78, 5) is 24.5. The molecule has 0 saturated heterocycles. The lowest BCUT2D eigenvalue weighted by molar-refractivity contribution is -0.142. The molecule has 0 fully saturated rings. The summed E-state index contributed by atoms with van der Waals surface area (Å²) in [5.74, 6) is -1.04. The van der Waals surface area contributed by atoms with Crippen LogP contribution < -0.4 is 5.32 Å². The molecule has 0 radical (unpaired) electrons. The molecule has 2 amide bonds. The fourth-order valence-corrected chi connectivity index (χ4v) is 1.61. The van der Waals surface area contributed by atoms with Crippen molar-refractivity contribution in [2.45, 2.75) is 33.4 Å². The van der Waals surface area contributed by atoms with Crippen molar-refractivity contribution in [3.05, 3.63) is 24.2 Å². The number of aliphatic carboxylic acids is 1. The smallest absolute Gasteiger partial charge is 0.326 e. The zero-order valence-electron chi connectivity index (χ0n) is 11.6. The molecule has 1 atom stereocenters. The Morgan fingerprint density at radius 3 is 2.53 bits per heavy atom. The highest BCUT2D eigenvalue weighted by Crippen LogP contribution is 2.19. The average Bonchev–Trinajstić information content (AvgIpc) is 2.75. The van der Waals surface area contributed by atoms with Gasteiger partial charge in [-0.2, -0.15) is 0 Å². The molecule has 0 aliphatic carbocycles. The van der Waals surface area contributed by atoms with E-state index in [-0.39, 0.29) is 0 Å². The Morgan fingerprint density at radius 2 is 2.11 bits per heavy atom. The lowest BCUT2D eigenvalue weighted by Crippen LogP contribution is -2.52. The van der Waals surface area contributed by atoms with E-state index in [2.05, 4.69) is 5.32 Å². The fraction of sp³-hybridized carbons (Fsp3) is 0.538. The van der Waals surface area contributed by atoms with Crippen molar-refractivity contribution in [2.24, 2.45) is 5.41 Å². The summed E-state index contributed by atoms with van der Waals surface area (Å²) in [6.07, 6.45) is 3.07. The Hall–Kier alpha value is -1.98. The number of carbonyl (C=O) groups is 2. The SMILES string of the molecule is CN(Cc1ccoc1)C(=O)NC(C(=O)O)C(C)(C)C. The molecule has 1 aromatic rings. The zero-order valence-corrected chi connectivity index (χ0v) is 11.6. The number of carbonyl (C=O) groups excluding carboxylic acids is 1. The molecule has 1 aromatic heterocycles. The Kier molecular flexibility index (Phi) is 4.58. The van der Waals surface area contributed by atoms with Crippen molar-refractivity contribution in [1.82, 2.24) is 10.2 Å². The summed E-state index contributed by atoms with van der Waals surface area (Å²) in [7, 11) is 1.60. The van der Waals surface area contributed by atoms with Crippen LogP contribution in [0.15, 0.2) is 23.0 Å². The second kappa shape index (κ2) is 5.77. The number of urea groups is 1. The fourth-order valence-electron chi connectivity index (χ4n) is 1.61. The highest BCUT2D eigenvalue weighted by Gasteiger charge is 2.33. The zero-order chi connectivity index (χ0) is 14.6. The predicted octanol–water partition coefficient (Wildman–Crippen LogP) is 1.92. The van der Waals surface area contributed by atoms with Crippen LogP contribution in [0.4, 0.5) is 4.79 Å². The molecule has 0 bridgehead atoms. The average molecular weight is 268 g/mol. The second-order valence-electron chi connectivity index (χ2n) is 5.57. The van der Waals surface area contributed by atoms with Crippen LogP contribution in [0.2, 0.25) is 0 Å². The summed E-state index contributed by atoms with van der Waals surface area (Å²) in [6, 6.07) is 0.387. The molecule has 1 rings (SSSR count). The minimum absolute atomic E-state index is 0.360. The van der Waals surface area contributed by atoms with Crippen molar-refractivity contribution < 1.29 is 19.1 Å². The van der Waals surface area contributed by atoms with Crippen LogP contribution in [0.1, 0.15) is 26.3 Å². The molecule has 1 unspecified atom stereocenters. The summed E-state index contributed by atoms with van der Waals surface area (Å²) in [5.41, 5.74) is 0.290. The maximum absolute atomic E-state index is 12.0. The van der Waals surface area contributed by atoms with Gasteiger partial charge in [-0.3, -0.25) is 0 Å². The first-order valence-electron chi connectivity index (χ1n) is 5.97. The van der Waals surface area contributed by atoms with Gasteiger partial charge in [0, 0.05) is 12.6 Å². The van der Waals surface area contributed by atoms with Crippen molar-refractivity contribution in [1.29, 1.82) is 0 Å². The number of furan rings is 1. The number of rotatable bonds is 4. The van der Waals surface area contributed by atoms with E-state index in [1.165, 1.54) is 11.2 Å². The maximum Gasteiger partial charge on any atom is 0.326 e. The van der Waals surface area contributed by atoms with Crippen LogP contribution in [-0.4, -0.2) is 35.1 Å². The predicted molar refractivity (Wildman–Crippen MR) is 69.6 cm³/mol. The van der Waals surface area contributed by atoms with E-state index >= 15 is 0 Å². The third-order valence-electron chi connectivity index (χ3n) is 2.73. The normalized spacial score (nSPS) is 12.8. The molecular formula is C13H20N2O4. The lowest BCUT2D eigenvalue weighted by atomic mass is 9.87. The number of hydrogen-bond acceptors (Lipinski definition) is 3. The van der Waals surface area contributed by atoms with E-state index in [4.69, 9.17) is 9.52 Å². The van der Waals surface area contributed by atoms with Crippen LogP contribution >= 0.6 is 0 Å². The van der Waals surface area contributed by atoms with Crippen LogP contribution in [-0.2, 0) is 11.3 Å². The number of carboxylic acids is 1. The quantitative estimate of drug-likeness (QED) is 0.874. The molecule has 6 nitrogen and oxygen atoms in total. The molecule has 0 spiro atoms. The summed E-state index contributed by atoms with van der Waals surface area (Å²) >= 11 is 0. The molecular weight excluding hydrogens is 248 g/mol. The van der Waals surface area contributed by atoms with Gasteiger partial charge in [-0.05, 0) is 11.5 Å². The van der Waals surface area contributed by atoms with Gasteiger partial charge in [0.1, 0.15) is 6.04 Å². The van der Waals surface area contributed by atoms with Gasteiger partial charge in [0.15, 0.2) is 0 Å². The van der Waals surface area contributed by atoms with Gasteiger partial charge < -0.3 is 19.7 Å². The molecule has 0 saturated carbocycles. The topological polar surface area (TPSA) is 82.8 Å². The van der Waals surface area contributed by atoms with Crippen molar-refractivity contribution in [2.75, 3.05) is 7.05 Å². The minimum Gasteiger partial charge on any atom is -0.480 e. The summed E-state index contributed by atoms with van der Waals surface area (Å²) < 4.78 is 4.92. The largest absolute Gasteiger partial charge is 0.480 e. The summed E-state index contributed by atoms with van der Waals surface area (Å²) in [6.45, 7) is 5.66. The van der Waals surface area contributed by atoms with Crippen LogP contribution in [0, 0.1) is 5.41 Å². The second-order valence-corrected chi connectivity index (χ2v) is 5.57. The van der Waals surface area contributed by atoms with E-state index < -0.39 is 23.5 Å². The first-order chi connectivity index (χ1) is 8.71. The third kappa shape index (κ3) is 4.31. The van der Waals surface area contributed by atoms with E-state index in [0.29, 0.717) is 6.54 Å². The highest BCUT2D eigenvalue weighted by molar-refractivity contribution is 5.83. The molecule has 19 heavy (non-hydrogen) atoms. The Labute approximate surface area is 112 Å². The van der Waals surface area contributed by atoms with Gasteiger partial charge in [0.25, 0.3) is 0 Å². The molecule has 1 heterocycles. The summed E-state index contributed by atoms with van der Waals surface area (Å²) in [5, 5.41) is 11.7. The van der Waals surface area contributed by atoms with Crippen LogP contribution in [0.3, 0.4) is 0 Å². The monoisotopic (exact) mass is 268 g/mol. The molecule has 0 aliphatic heterocycles. The lowest BCUT2D eigenvalue weighted by Gasteiger charge is -2.29. The van der Waals surface area contributed by atoms with Gasteiger partial charge in [0.2, 0.25) is 0 Å². The Morgan fingerprint density at radius 1 is 1.47 bits per heavy atom. The number of amides is 2. The van der Waals surface area contributed by atoms with Gasteiger partial charge in [-0.25, -0.2) is 9.59 Å². The van der Waals surface area contributed by atoms with E-state index in [1.54, 1.807) is 40.1 Å². The number of carboxylic acid groups (broad SMARTS) is 1. The Bertz CT molecular complexity index is 434. The standard InChI is InChI=1S/C13H20N2O4/c1-13(2,3)10(11(16)17)14-12(18)15(4)7-9-5-6-19-8-9/h5-6,8,10H,7H2,1-4H3,(H,14,18)(H,16,17). The first kappa shape index (κ1) is 15.1. The third-order valence-corrected chi connectivity index (χ3v) is 2.73. The number of nitrogens with one attached hydrogen (secondary N) is 1. The number of nitrogens with zero attached hydrogens (tertiary/aromatic N) is 1. The minimum atomic E-state index is -1.04. The molecule has 106 valence electrons. The van der Waals surface area contributed by atoms with Crippen molar-refractivity contribution in [3.8, 4) is 0 Å².